The van der Waals surface area contributed by atoms with Gasteiger partial charge in [-0.2, -0.15) is 0 Å². The Bertz CT molecular complexity index is 447. The first kappa shape index (κ1) is 16.4. The number of hydrogen-bond donors (Lipinski definition) is 1. The summed E-state index contributed by atoms with van der Waals surface area (Å²) in [5.41, 5.74) is 0.152. The van der Waals surface area contributed by atoms with E-state index in [1.54, 1.807) is 19.2 Å². The van der Waals surface area contributed by atoms with Gasteiger partial charge in [-0.3, -0.25) is 0 Å². The molecule has 0 aliphatic rings. The fourth-order valence-corrected chi connectivity index (χ4v) is 2.38. The van der Waals surface area contributed by atoms with E-state index in [2.05, 4.69) is 0 Å². The fourth-order valence-electron chi connectivity index (χ4n) is 2.38. The van der Waals surface area contributed by atoms with E-state index in [1.165, 1.54) is 6.07 Å². The zero-order chi connectivity index (χ0) is 15.1. The predicted octanol–water partition coefficient (Wildman–Crippen LogP) is 3.17. The van der Waals surface area contributed by atoms with Gasteiger partial charge in [0.15, 0.2) is 0 Å². The summed E-state index contributed by atoms with van der Waals surface area (Å²) >= 11 is 0. The number of halogens is 1. The average molecular weight is 283 g/mol. The zero-order valence-electron chi connectivity index (χ0n) is 12.2. The van der Waals surface area contributed by atoms with E-state index < -0.39 is 11.8 Å². The Morgan fingerprint density at radius 2 is 2.05 bits per heavy atom. The molecule has 1 aromatic carbocycles. The van der Waals surface area contributed by atoms with Crippen LogP contribution in [0, 0.1) is 5.82 Å². The summed E-state index contributed by atoms with van der Waals surface area (Å²) in [6.07, 6.45) is 1.71. The molecule has 0 aliphatic carbocycles. The molecule has 0 fully saturated rings. The van der Waals surface area contributed by atoms with Crippen LogP contribution in [0.2, 0.25) is 0 Å². The van der Waals surface area contributed by atoms with Gasteiger partial charge < -0.3 is 14.7 Å². The Labute approximate surface area is 119 Å². The van der Waals surface area contributed by atoms with Crippen molar-refractivity contribution in [1.82, 2.24) is 0 Å². The molecule has 5 heteroatoms. The highest BCUT2D eigenvalue weighted by Crippen LogP contribution is 2.27. The number of nitrogens with zero attached hydrogens (tertiary/aromatic N) is 1. The first-order valence-corrected chi connectivity index (χ1v) is 6.84. The highest BCUT2D eigenvalue weighted by Gasteiger charge is 2.23. The van der Waals surface area contributed by atoms with Gasteiger partial charge in [0.25, 0.3) is 0 Å². The second-order valence-electron chi connectivity index (χ2n) is 4.60. The van der Waals surface area contributed by atoms with Gasteiger partial charge in [0.05, 0.1) is 12.3 Å². The summed E-state index contributed by atoms with van der Waals surface area (Å²) < 4.78 is 18.9. The molecule has 0 radical (unpaired) electrons. The standard InChI is InChI=1S/C15H22FNO3/c1-4-11(5-2)17(9-10-20-3)13-8-6-7-12(16)14(13)15(18)19/h6-8,11H,4-5,9-10H2,1-3H3,(H,18,19). The van der Waals surface area contributed by atoms with Gasteiger partial charge in [0.1, 0.15) is 11.4 Å². The van der Waals surface area contributed by atoms with Gasteiger partial charge in [-0.05, 0) is 25.0 Å². The lowest BCUT2D eigenvalue weighted by Crippen LogP contribution is -2.38. The second kappa shape index (κ2) is 7.85. The van der Waals surface area contributed by atoms with Gasteiger partial charge in [-0.1, -0.05) is 19.9 Å². The van der Waals surface area contributed by atoms with Crippen molar-refractivity contribution in [1.29, 1.82) is 0 Å². The Morgan fingerprint density at radius 3 is 2.55 bits per heavy atom. The molecule has 0 heterocycles. The number of rotatable bonds is 8. The van der Waals surface area contributed by atoms with Crippen molar-refractivity contribution in [3.8, 4) is 0 Å². The molecule has 0 atom stereocenters. The highest BCUT2D eigenvalue weighted by atomic mass is 19.1. The summed E-state index contributed by atoms with van der Waals surface area (Å²) in [6, 6.07) is 4.53. The lowest BCUT2D eigenvalue weighted by Gasteiger charge is -2.33. The second-order valence-corrected chi connectivity index (χ2v) is 4.60. The maximum atomic E-state index is 13.8. The van der Waals surface area contributed by atoms with Crippen LogP contribution >= 0.6 is 0 Å². The van der Waals surface area contributed by atoms with Crippen LogP contribution in [0.3, 0.4) is 0 Å². The van der Waals surface area contributed by atoms with Crippen molar-refractivity contribution in [2.75, 3.05) is 25.2 Å². The van der Waals surface area contributed by atoms with E-state index in [9.17, 15) is 14.3 Å². The van der Waals surface area contributed by atoms with E-state index in [0.717, 1.165) is 12.8 Å². The molecule has 0 saturated carbocycles. The highest BCUT2D eigenvalue weighted by molar-refractivity contribution is 5.94. The number of carboxylic acids is 1. The van der Waals surface area contributed by atoms with Crippen molar-refractivity contribution in [3.05, 3.63) is 29.6 Å². The maximum Gasteiger partial charge on any atom is 0.340 e. The molecule has 1 N–H and O–H groups in total. The van der Waals surface area contributed by atoms with Gasteiger partial charge >= 0.3 is 5.97 Å². The number of carboxylic acid groups (broad SMARTS) is 1. The van der Waals surface area contributed by atoms with Crippen LogP contribution in [-0.2, 0) is 4.74 Å². The maximum absolute atomic E-state index is 13.8. The molecule has 0 saturated heterocycles. The number of methoxy groups -OCH3 is 1. The Kier molecular flexibility index (Phi) is 6.45. The first-order valence-electron chi connectivity index (χ1n) is 6.84. The smallest absolute Gasteiger partial charge is 0.340 e. The van der Waals surface area contributed by atoms with Crippen molar-refractivity contribution in [2.24, 2.45) is 0 Å². The molecule has 1 aromatic rings. The molecule has 0 spiro atoms. The molecule has 4 nitrogen and oxygen atoms in total. The minimum atomic E-state index is -1.24. The molecule has 112 valence electrons. The average Bonchev–Trinajstić information content (AvgIpc) is 2.42. The van der Waals surface area contributed by atoms with E-state index >= 15 is 0 Å². The van der Waals surface area contributed by atoms with E-state index in [0.29, 0.717) is 18.8 Å². The van der Waals surface area contributed by atoms with Gasteiger partial charge in [0, 0.05) is 19.7 Å². The van der Waals surface area contributed by atoms with Crippen LogP contribution < -0.4 is 4.90 Å². The monoisotopic (exact) mass is 283 g/mol. The normalized spacial score (nSPS) is 10.8. The summed E-state index contributed by atoms with van der Waals surface area (Å²) in [5.74, 6) is -1.95. The molecule has 0 bridgehead atoms. The molecule has 0 aliphatic heterocycles. The summed E-state index contributed by atoms with van der Waals surface area (Å²) in [7, 11) is 1.59. The number of ether oxygens (including phenoxy) is 1. The Hall–Kier alpha value is -1.62. The molecule has 1 rings (SSSR count). The number of aromatic carboxylic acids is 1. The zero-order valence-corrected chi connectivity index (χ0v) is 12.2. The van der Waals surface area contributed by atoms with E-state index in [1.807, 2.05) is 18.7 Å². The van der Waals surface area contributed by atoms with Crippen molar-refractivity contribution in [3.63, 3.8) is 0 Å². The Morgan fingerprint density at radius 1 is 1.40 bits per heavy atom. The lowest BCUT2D eigenvalue weighted by molar-refractivity contribution is 0.0692. The fraction of sp³-hybridized carbons (Fsp3) is 0.533. The third-order valence-corrected chi connectivity index (χ3v) is 3.43. The molecular weight excluding hydrogens is 261 g/mol. The quantitative estimate of drug-likeness (QED) is 0.796. The lowest BCUT2D eigenvalue weighted by atomic mass is 10.1. The van der Waals surface area contributed by atoms with Crippen LogP contribution in [0.1, 0.15) is 37.0 Å². The number of hydrogen-bond acceptors (Lipinski definition) is 3. The van der Waals surface area contributed by atoms with Gasteiger partial charge in [-0.15, -0.1) is 0 Å². The number of anilines is 1. The summed E-state index contributed by atoms with van der Waals surface area (Å²) in [5, 5.41) is 9.25. The summed E-state index contributed by atoms with van der Waals surface area (Å²) in [6.45, 7) is 5.07. The molecule has 20 heavy (non-hydrogen) atoms. The van der Waals surface area contributed by atoms with E-state index in [4.69, 9.17) is 4.74 Å². The third kappa shape index (κ3) is 3.70. The number of carbonyl (C=O) groups is 1. The number of benzene rings is 1. The third-order valence-electron chi connectivity index (χ3n) is 3.43. The Balaban J connectivity index is 3.25. The van der Waals surface area contributed by atoms with Crippen LogP contribution in [0.25, 0.3) is 0 Å². The minimum Gasteiger partial charge on any atom is -0.478 e. The predicted molar refractivity (Wildman–Crippen MR) is 77.0 cm³/mol. The van der Waals surface area contributed by atoms with Gasteiger partial charge in [-0.25, -0.2) is 9.18 Å². The van der Waals surface area contributed by atoms with Crippen LogP contribution in [0.4, 0.5) is 10.1 Å². The van der Waals surface area contributed by atoms with Crippen LogP contribution in [0.15, 0.2) is 18.2 Å². The van der Waals surface area contributed by atoms with Crippen LogP contribution in [-0.4, -0.2) is 37.4 Å². The molecular formula is C15H22FNO3. The molecule has 0 aromatic heterocycles. The topological polar surface area (TPSA) is 49.8 Å². The van der Waals surface area contributed by atoms with Crippen molar-refractivity contribution in [2.45, 2.75) is 32.7 Å². The first-order chi connectivity index (χ1) is 9.56. The van der Waals surface area contributed by atoms with Crippen LogP contribution in [0.5, 0.6) is 0 Å². The summed E-state index contributed by atoms with van der Waals surface area (Å²) in [4.78, 5) is 13.2. The van der Waals surface area contributed by atoms with Gasteiger partial charge in [0.2, 0.25) is 0 Å². The van der Waals surface area contributed by atoms with E-state index in [-0.39, 0.29) is 11.6 Å². The molecule has 0 unspecified atom stereocenters. The molecule has 0 amide bonds. The minimum absolute atomic E-state index is 0.157. The van der Waals surface area contributed by atoms with Crippen molar-refractivity contribution < 1.29 is 19.0 Å². The SMILES string of the molecule is CCC(CC)N(CCOC)c1cccc(F)c1C(=O)O. The largest absolute Gasteiger partial charge is 0.478 e. The van der Waals surface area contributed by atoms with Crippen molar-refractivity contribution >= 4 is 11.7 Å².